The van der Waals surface area contributed by atoms with Gasteiger partial charge in [0, 0.05) is 34.1 Å². The Balaban J connectivity index is 0.879. The van der Waals surface area contributed by atoms with Crippen LogP contribution in [0.25, 0.3) is 76.8 Å². The third kappa shape index (κ3) is 7.54. The third-order valence-electron chi connectivity index (χ3n) is 13.2. The van der Waals surface area contributed by atoms with Gasteiger partial charge in [-0.15, -0.1) is 0 Å². The average Bonchev–Trinajstić information content (AvgIpc) is 3.42. The lowest BCUT2D eigenvalue weighted by Crippen LogP contribution is -2.09. The Kier molecular flexibility index (Phi) is 10.6. The Labute approximate surface area is 397 Å². The minimum Gasteiger partial charge on any atom is -0.311 e. The van der Waals surface area contributed by atoms with Gasteiger partial charge in [0.2, 0.25) is 0 Å². The first-order chi connectivity index (χ1) is 33.7. The van der Waals surface area contributed by atoms with Crippen molar-refractivity contribution in [2.24, 2.45) is 0 Å². The van der Waals surface area contributed by atoms with E-state index in [1.165, 1.54) is 71.3 Å². The summed E-state index contributed by atoms with van der Waals surface area (Å²) in [6, 6.07) is 101. The highest BCUT2D eigenvalue weighted by Crippen LogP contribution is 2.45. The number of hydrogen-bond acceptors (Lipinski definition) is 2. The van der Waals surface area contributed by atoms with Gasteiger partial charge in [-0.3, -0.25) is 0 Å². The normalized spacial score (nSPS) is 11.2. The van der Waals surface area contributed by atoms with Crippen LogP contribution in [0.5, 0.6) is 0 Å². The van der Waals surface area contributed by atoms with Gasteiger partial charge in [0.15, 0.2) is 0 Å². The zero-order valence-electron chi connectivity index (χ0n) is 37.5. The molecule has 12 aromatic carbocycles. The highest BCUT2D eigenvalue weighted by molar-refractivity contribution is 6.21. The second kappa shape index (κ2) is 17.8. The highest BCUT2D eigenvalue weighted by atomic mass is 15.1. The summed E-state index contributed by atoms with van der Waals surface area (Å²) in [4.78, 5) is 4.64. The first kappa shape index (κ1) is 40.5. The van der Waals surface area contributed by atoms with Crippen molar-refractivity contribution in [1.29, 1.82) is 0 Å². The summed E-state index contributed by atoms with van der Waals surface area (Å²) in [5.74, 6) is 0. The molecule has 320 valence electrons. The van der Waals surface area contributed by atoms with Crippen LogP contribution in [0.4, 0.5) is 34.1 Å². The fourth-order valence-electron chi connectivity index (χ4n) is 10.1. The van der Waals surface area contributed by atoms with Crippen LogP contribution in [0.15, 0.2) is 279 Å². The number of fused-ring (bicyclic) bond motifs is 3. The van der Waals surface area contributed by atoms with Crippen molar-refractivity contribution in [3.05, 3.63) is 279 Å². The first-order valence-electron chi connectivity index (χ1n) is 23.3. The van der Waals surface area contributed by atoms with Gasteiger partial charge in [0.1, 0.15) is 0 Å². The number of para-hydroxylation sites is 3. The summed E-state index contributed by atoms with van der Waals surface area (Å²) in [7, 11) is 0. The van der Waals surface area contributed by atoms with E-state index in [0.29, 0.717) is 0 Å². The van der Waals surface area contributed by atoms with Gasteiger partial charge in [0.05, 0.1) is 0 Å². The molecule has 0 aliphatic carbocycles. The predicted molar refractivity (Wildman–Crippen MR) is 290 cm³/mol. The predicted octanol–water partition coefficient (Wildman–Crippen LogP) is 18.8. The van der Waals surface area contributed by atoms with Crippen molar-refractivity contribution < 1.29 is 0 Å². The SMILES string of the molecule is c1ccc(N(c2ccccc2)c2ccc(-c3ccc(N(c4ccccc4)c4ccc(-c5c6ccccc6c(-c6ccc(-c7cccc8ccccc78)cc6)c6ccccc56)cc4)cc3)cc2)cc1. The molecule has 0 saturated carbocycles. The maximum absolute atomic E-state index is 2.34. The highest BCUT2D eigenvalue weighted by Gasteiger charge is 2.19. The van der Waals surface area contributed by atoms with Crippen LogP contribution in [0.2, 0.25) is 0 Å². The van der Waals surface area contributed by atoms with Crippen molar-refractivity contribution in [3.63, 3.8) is 0 Å². The van der Waals surface area contributed by atoms with E-state index in [1.54, 1.807) is 0 Å². The zero-order valence-corrected chi connectivity index (χ0v) is 37.5. The number of anilines is 6. The smallest absolute Gasteiger partial charge is 0.0462 e. The van der Waals surface area contributed by atoms with Gasteiger partial charge in [-0.25, -0.2) is 0 Å². The van der Waals surface area contributed by atoms with Crippen LogP contribution < -0.4 is 9.80 Å². The van der Waals surface area contributed by atoms with Gasteiger partial charge in [0.25, 0.3) is 0 Å². The van der Waals surface area contributed by atoms with Crippen molar-refractivity contribution in [1.82, 2.24) is 0 Å². The molecule has 12 aromatic rings. The van der Waals surface area contributed by atoms with Crippen LogP contribution in [-0.4, -0.2) is 0 Å². The number of benzene rings is 12. The van der Waals surface area contributed by atoms with Crippen molar-refractivity contribution in [2.75, 3.05) is 9.80 Å². The quantitative estimate of drug-likeness (QED) is 0.126. The Hall–Kier alpha value is -8.98. The summed E-state index contributed by atoms with van der Waals surface area (Å²) in [5.41, 5.74) is 16.4. The molecule has 0 radical (unpaired) electrons. The Bertz CT molecular complexity index is 3580. The topological polar surface area (TPSA) is 6.48 Å². The van der Waals surface area contributed by atoms with Crippen LogP contribution in [0.1, 0.15) is 0 Å². The van der Waals surface area contributed by atoms with E-state index in [1.807, 2.05) is 0 Å². The molecule has 0 amide bonds. The molecule has 68 heavy (non-hydrogen) atoms. The summed E-state index contributed by atoms with van der Waals surface area (Å²) in [6.45, 7) is 0. The lowest BCUT2D eigenvalue weighted by molar-refractivity contribution is 1.28. The van der Waals surface area contributed by atoms with Gasteiger partial charge in [-0.2, -0.15) is 0 Å². The fraction of sp³-hybridized carbons (Fsp3) is 0. The number of nitrogens with zero attached hydrogens (tertiary/aromatic N) is 2. The van der Waals surface area contributed by atoms with E-state index >= 15 is 0 Å². The second-order valence-corrected chi connectivity index (χ2v) is 17.3. The van der Waals surface area contributed by atoms with Gasteiger partial charge >= 0.3 is 0 Å². The molecule has 12 rings (SSSR count). The standard InChI is InChI=1S/C66H46N2/c1-4-19-53(20-5-1)67(54-21-6-2-7-22-54)56-41-35-47(36-42-56)48-37-43-57(44-38-48)68(55-23-8-3-9-24-55)58-45-39-52(40-46-58)66-63-28-14-12-26-61(63)65(62-27-13-15-29-64(62)66)51-33-31-50(32-34-51)60-30-16-18-49-17-10-11-25-59(49)60/h1-46H. The zero-order chi connectivity index (χ0) is 45.2. The largest absolute Gasteiger partial charge is 0.311 e. The molecular weight excluding hydrogens is 821 g/mol. The van der Waals surface area contributed by atoms with Crippen molar-refractivity contribution in [2.45, 2.75) is 0 Å². The van der Waals surface area contributed by atoms with E-state index in [4.69, 9.17) is 0 Å². The summed E-state index contributed by atoms with van der Waals surface area (Å²) in [5, 5.41) is 7.49. The van der Waals surface area contributed by atoms with Gasteiger partial charge in [-0.05, 0) is 150 Å². The Morgan fingerprint density at radius 2 is 0.456 bits per heavy atom. The van der Waals surface area contributed by atoms with Crippen LogP contribution in [-0.2, 0) is 0 Å². The molecule has 0 fully saturated rings. The Morgan fingerprint density at radius 1 is 0.176 bits per heavy atom. The van der Waals surface area contributed by atoms with Crippen LogP contribution in [0, 0.1) is 0 Å². The molecular formula is C66H46N2. The van der Waals surface area contributed by atoms with Crippen molar-refractivity contribution in [3.8, 4) is 44.5 Å². The molecule has 0 saturated heterocycles. The van der Waals surface area contributed by atoms with Gasteiger partial charge in [-0.1, -0.05) is 206 Å². The lowest BCUT2D eigenvalue weighted by atomic mass is 9.85. The molecule has 0 bridgehead atoms. The van der Waals surface area contributed by atoms with E-state index in [2.05, 4.69) is 289 Å². The number of hydrogen-bond donors (Lipinski definition) is 0. The number of rotatable bonds is 10. The van der Waals surface area contributed by atoms with E-state index in [0.717, 1.165) is 39.7 Å². The third-order valence-corrected chi connectivity index (χ3v) is 13.2. The monoisotopic (exact) mass is 866 g/mol. The van der Waals surface area contributed by atoms with E-state index < -0.39 is 0 Å². The van der Waals surface area contributed by atoms with Crippen molar-refractivity contribution >= 4 is 66.4 Å². The molecule has 0 N–H and O–H groups in total. The minimum atomic E-state index is 1.09. The fourth-order valence-corrected chi connectivity index (χ4v) is 10.1. The molecule has 0 aliphatic heterocycles. The molecule has 0 aliphatic rings. The molecule has 0 aromatic heterocycles. The molecule has 0 unspecified atom stereocenters. The molecule has 2 heteroatoms. The second-order valence-electron chi connectivity index (χ2n) is 17.3. The molecule has 0 spiro atoms. The Morgan fingerprint density at radius 3 is 0.853 bits per heavy atom. The van der Waals surface area contributed by atoms with E-state index in [-0.39, 0.29) is 0 Å². The summed E-state index contributed by atoms with van der Waals surface area (Å²) < 4.78 is 0. The lowest BCUT2D eigenvalue weighted by Gasteiger charge is -2.26. The first-order valence-corrected chi connectivity index (χ1v) is 23.3. The molecule has 0 atom stereocenters. The van der Waals surface area contributed by atoms with Gasteiger partial charge < -0.3 is 9.80 Å². The van der Waals surface area contributed by atoms with E-state index in [9.17, 15) is 0 Å². The van der Waals surface area contributed by atoms with Crippen LogP contribution >= 0.6 is 0 Å². The molecule has 0 heterocycles. The summed E-state index contributed by atoms with van der Waals surface area (Å²) in [6.07, 6.45) is 0. The summed E-state index contributed by atoms with van der Waals surface area (Å²) >= 11 is 0. The maximum atomic E-state index is 2.34. The maximum Gasteiger partial charge on any atom is 0.0462 e. The van der Waals surface area contributed by atoms with Crippen LogP contribution in [0.3, 0.4) is 0 Å². The average molecular weight is 867 g/mol. The minimum absolute atomic E-state index is 1.09. The molecule has 2 nitrogen and oxygen atoms in total.